The molecule has 1 aliphatic carbocycles. The van der Waals surface area contributed by atoms with Crippen molar-refractivity contribution in [1.29, 1.82) is 10.5 Å². The minimum absolute atomic E-state index is 0.116. The van der Waals surface area contributed by atoms with Gasteiger partial charge in [0.15, 0.2) is 0 Å². The molecule has 0 aliphatic heterocycles. The fourth-order valence-electron chi connectivity index (χ4n) is 2.71. The first-order valence-corrected chi connectivity index (χ1v) is 7.26. The standard InChI is InChI=1S/C15H23N3O2/c1-20-12-11-18(10-6-9-16)14(19)15(13-17)7-4-2-3-5-8-15/h2-8,10-12H2,1H3. The van der Waals surface area contributed by atoms with Crippen LogP contribution in [-0.4, -0.2) is 37.6 Å². The Hall–Kier alpha value is -1.59. The number of carbonyl (C=O) groups excluding carboxylic acids is 1. The molecule has 0 saturated heterocycles. The van der Waals surface area contributed by atoms with E-state index in [2.05, 4.69) is 12.1 Å². The molecule has 1 aliphatic rings. The van der Waals surface area contributed by atoms with Gasteiger partial charge in [0.05, 0.1) is 25.2 Å². The first kappa shape index (κ1) is 16.5. The van der Waals surface area contributed by atoms with Crippen LogP contribution in [0.5, 0.6) is 0 Å². The minimum atomic E-state index is -0.889. The first-order valence-electron chi connectivity index (χ1n) is 7.26. The Bertz CT molecular complexity index is 387. The number of rotatable bonds is 6. The third-order valence-electron chi connectivity index (χ3n) is 3.93. The lowest BCUT2D eigenvalue weighted by Gasteiger charge is -2.31. The van der Waals surface area contributed by atoms with E-state index in [1.165, 1.54) is 0 Å². The number of ether oxygens (including phenoxy) is 1. The second kappa shape index (κ2) is 8.55. The molecule has 1 amide bonds. The van der Waals surface area contributed by atoms with Gasteiger partial charge in [-0.25, -0.2) is 0 Å². The Balaban J connectivity index is 2.83. The molecule has 0 atom stereocenters. The summed E-state index contributed by atoms with van der Waals surface area (Å²) in [5.74, 6) is -0.116. The first-order chi connectivity index (χ1) is 9.70. The monoisotopic (exact) mass is 277 g/mol. The van der Waals surface area contributed by atoms with Gasteiger partial charge in [0.1, 0.15) is 5.41 Å². The Kier molecular flexibility index (Phi) is 7.04. The van der Waals surface area contributed by atoms with Crippen molar-refractivity contribution in [3.8, 4) is 12.1 Å². The molecule has 0 bridgehead atoms. The molecule has 0 radical (unpaired) electrons. The Morgan fingerprint density at radius 1 is 1.20 bits per heavy atom. The van der Waals surface area contributed by atoms with E-state index in [4.69, 9.17) is 10.00 Å². The number of amides is 1. The van der Waals surface area contributed by atoms with E-state index in [1.54, 1.807) is 12.0 Å². The molecule has 0 aromatic heterocycles. The third kappa shape index (κ3) is 4.21. The predicted molar refractivity (Wildman–Crippen MR) is 74.4 cm³/mol. The van der Waals surface area contributed by atoms with Gasteiger partial charge < -0.3 is 9.64 Å². The number of hydrogen-bond acceptors (Lipinski definition) is 4. The number of hydrogen-bond donors (Lipinski definition) is 0. The van der Waals surface area contributed by atoms with Crippen molar-refractivity contribution in [1.82, 2.24) is 4.90 Å². The van der Waals surface area contributed by atoms with Gasteiger partial charge in [0.25, 0.3) is 0 Å². The molecule has 0 unspecified atom stereocenters. The Labute approximate surface area is 121 Å². The highest BCUT2D eigenvalue weighted by Gasteiger charge is 2.41. The normalized spacial score (nSPS) is 17.6. The van der Waals surface area contributed by atoms with Crippen LogP contribution in [0.15, 0.2) is 0 Å². The van der Waals surface area contributed by atoms with E-state index in [-0.39, 0.29) is 12.3 Å². The fraction of sp³-hybridized carbons (Fsp3) is 0.800. The topological polar surface area (TPSA) is 77.1 Å². The molecular formula is C15H23N3O2. The van der Waals surface area contributed by atoms with Crippen LogP contribution in [0.25, 0.3) is 0 Å². The van der Waals surface area contributed by atoms with Crippen LogP contribution in [0.1, 0.15) is 44.9 Å². The molecule has 0 N–H and O–H groups in total. The van der Waals surface area contributed by atoms with E-state index in [1.807, 2.05) is 0 Å². The minimum Gasteiger partial charge on any atom is -0.383 e. The highest BCUT2D eigenvalue weighted by atomic mass is 16.5. The Morgan fingerprint density at radius 2 is 1.85 bits per heavy atom. The highest BCUT2D eigenvalue weighted by molar-refractivity contribution is 5.85. The van der Waals surface area contributed by atoms with Crippen LogP contribution in [0.4, 0.5) is 0 Å². The summed E-state index contributed by atoms with van der Waals surface area (Å²) in [6, 6.07) is 4.33. The summed E-state index contributed by atoms with van der Waals surface area (Å²) in [4.78, 5) is 14.4. The molecular weight excluding hydrogens is 254 g/mol. The van der Waals surface area contributed by atoms with E-state index in [0.717, 1.165) is 25.7 Å². The molecule has 0 aromatic carbocycles. The molecule has 5 nitrogen and oxygen atoms in total. The van der Waals surface area contributed by atoms with Gasteiger partial charge >= 0.3 is 0 Å². The maximum absolute atomic E-state index is 12.8. The van der Waals surface area contributed by atoms with Crippen molar-refractivity contribution in [2.45, 2.75) is 44.9 Å². The fourth-order valence-corrected chi connectivity index (χ4v) is 2.71. The second-order valence-electron chi connectivity index (χ2n) is 5.30. The van der Waals surface area contributed by atoms with Crippen molar-refractivity contribution in [2.24, 2.45) is 5.41 Å². The smallest absolute Gasteiger partial charge is 0.243 e. The number of nitriles is 2. The van der Waals surface area contributed by atoms with E-state index < -0.39 is 5.41 Å². The van der Waals surface area contributed by atoms with Crippen molar-refractivity contribution < 1.29 is 9.53 Å². The summed E-state index contributed by atoms with van der Waals surface area (Å²) < 4.78 is 5.02. The van der Waals surface area contributed by atoms with Gasteiger partial charge in [-0.2, -0.15) is 10.5 Å². The number of carbonyl (C=O) groups is 1. The average molecular weight is 277 g/mol. The molecule has 20 heavy (non-hydrogen) atoms. The van der Waals surface area contributed by atoms with Crippen LogP contribution in [0.3, 0.4) is 0 Å². The molecule has 110 valence electrons. The molecule has 1 rings (SSSR count). The number of nitrogens with zero attached hydrogens (tertiary/aromatic N) is 3. The zero-order chi connectivity index (χ0) is 14.8. The van der Waals surface area contributed by atoms with Crippen LogP contribution in [-0.2, 0) is 9.53 Å². The Morgan fingerprint density at radius 3 is 2.35 bits per heavy atom. The van der Waals surface area contributed by atoms with Crippen molar-refractivity contribution in [3.63, 3.8) is 0 Å². The summed E-state index contributed by atoms with van der Waals surface area (Å²) >= 11 is 0. The third-order valence-corrected chi connectivity index (χ3v) is 3.93. The van der Waals surface area contributed by atoms with Crippen LogP contribution in [0, 0.1) is 28.1 Å². The molecule has 1 fully saturated rings. The maximum atomic E-state index is 12.8. The van der Waals surface area contributed by atoms with Crippen molar-refractivity contribution in [2.75, 3.05) is 26.8 Å². The van der Waals surface area contributed by atoms with Crippen LogP contribution >= 0.6 is 0 Å². The maximum Gasteiger partial charge on any atom is 0.243 e. The molecule has 5 heteroatoms. The molecule has 0 heterocycles. The van der Waals surface area contributed by atoms with E-state index in [9.17, 15) is 10.1 Å². The van der Waals surface area contributed by atoms with E-state index in [0.29, 0.717) is 32.5 Å². The zero-order valence-electron chi connectivity index (χ0n) is 12.2. The van der Waals surface area contributed by atoms with Crippen molar-refractivity contribution in [3.05, 3.63) is 0 Å². The summed E-state index contributed by atoms with van der Waals surface area (Å²) in [5.41, 5.74) is -0.889. The summed E-state index contributed by atoms with van der Waals surface area (Å²) in [6.07, 6.45) is 5.60. The van der Waals surface area contributed by atoms with Gasteiger partial charge in [0.2, 0.25) is 5.91 Å². The molecule has 0 spiro atoms. The molecule has 0 aromatic rings. The zero-order valence-corrected chi connectivity index (χ0v) is 12.2. The quantitative estimate of drug-likeness (QED) is 0.698. The lowest BCUT2D eigenvalue weighted by molar-refractivity contribution is -0.140. The van der Waals surface area contributed by atoms with E-state index >= 15 is 0 Å². The largest absolute Gasteiger partial charge is 0.383 e. The summed E-state index contributed by atoms with van der Waals surface area (Å²) in [5, 5.41) is 18.3. The average Bonchev–Trinajstić information content (AvgIpc) is 2.73. The summed E-state index contributed by atoms with van der Waals surface area (Å²) in [7, 11) is 1.58. The molecule has 1 saturated carbocycles. The predicted octanol–water partition coefficient (Wildman–Crippen LogP) is 2.24. The summed E-state index contributed by atoms with van der Waals surface area (Å²) in [6.45, 7) is 1.25. The lowest BCUT2D eigenvalue weighted by Crippen LogP contribution is -2.45. The second-order valence-corrected chi connectivity index (χ2v) is 5.30. The van der Waals surface area contributed by atoms with Gasteiger partial charge in [0, 0.05) is 20.2 Å². The van der Waals surface area contributed by atoms with Gasteiger partial charge in [-0.15, -0.1) is 0 Å². The van der Waals surface area contributed by atoms with Crippen LogP contribution in [0.2, 0.25) is 0 Å². The van der Waals surface area contributed by atoms with Gasteiger partial charge in [-0.1, -0.05) is 25.7 Å². The van der Waals surface area contributed by atoms with Gasteiger partial charge in [-0.3, -0.25) is 4.79 Å². The number of methoxy groups -OCH3 is 1. The van der Waals surface area contributed by atoms with Gasteiger partial charge in [-0.05, 0) is 12.8 Å². The highest BCUT2D eigenvalue weighted by Crippen LogP contribution is 2.36. The van der Waals surface area contributed by atoms with Crippen molar-refractivity contribution >= 4 is 5.91 Å². The SMILES string of the molecule is COCCN(CCC#N)C(=O)C1(C#N)CCCCCC1. The lowest BCUT2D eigenvalue weighted by atomic mass is 9.80. The van der Waals surface area contributed by atoms with Crippen LogP contribution < -0.4 is 0 Å².